The highest BCUT2D eigenvalue weighted by Crippen LogP contribution is 2.16. The van der Waals surface area contributed by atoms with Gasteiger partial charge in [-0.1, -0.05) is 31.5 Å². The van der Waals surface area contributed by atoms with Gasteiger partial charge in [-0.3, -0.25) is 4.79 Å². The Hall–Kier alpha value is -2.28. The lowest BCUT2D eigenvalue weighted by Gasteiger charge is -2.08. The summed E-state index contributed by atoms with van der Waals surface area (Å²) in [4.78, 5) is 11.8. The molecule has 0 aromatic heterocycles. The molecule has 1 aromatic carbocycles. The third-order valence-electron chi connectivity index (χ3n) is 2.79. The van der Waals surface area contributed by atoms with Crippen LogP contribution in [0.3, 0.4) is 0 Å². The van der Waals surface area contributed by atoms with Crippen LogP contribution in [0.25, 0.3) is 0 Å². The zero-order chi connectivity index (χ0) is 15.1. The van der Waals surface area contributed by atoms with Gasteiger partial charge in [-0.15, -0.1) is 0 Å². The van der Waals surface area contributed by atoms with Crippen LogP contribution in [0.4, 0.5) is 5.69 Å². The summed E-state index contributed by atoms with van der Waals surface area (Å²) in [5.74, 6) is 0.00431. The van der Waals surface area contributed by atoms with E-state index >= 15 is 0 Å². The number of nitrogens with zero attached hydrogens (tertiary/aromatic N) is 1. The number of aryl methyl sites for hydroxylation is 2. The van der Waals surface area contributed by atoms with E-state index < -0.39 is 0 Å². The predicted octanol–water partition coefficient (Wildman–Crippen LogP) is 2.90. The Morgan fingerprint density at radius 2 is 2.10 bits per heavy atom. The summed E-state index contributed by atoms with van der Waals surface area (Å²) >= 11 is 0. The van der Waals surface area contributed by atoms with E-state index in [4.69, 9.17) is 5.26 Å². The average Bonchev–Trinajstić information content (AvgIpc) is 2.39. The Labute approximate surface area is 120 Å². The van der Waals surface area contributed by atoms with Crippen molar-refractivity contribution in [1.82, 2.24) is 5.32 Å². The molecule has 1 amide bonds. The third-order valence-corrected chi connectivity index (χ3v) is 2.79. The Kier molecular flexibility index (Phi) is 5.79. The van der Waals surface area contributed by atoms with Crippen molar-refractivity contribution in [2.24, 2.45) is 5.92 Å². The topological polar surface area (TPSA) is 64.9 Å². The van der Waals surface area contributed by atoms with Crippen molar-refractivity contribution in [3.8, 4) is 6.07 Å². The van der Waals surface area contributed by atoms with Crippen molar-refractivity contribution in [3.05, 3.63) is 41.1 Å². The quantitative estimate of drug-likeness (QED) is 0.639. The van der Waals surface area contributed by atoms with Crippen LogP contribution < -0.4 is 10.6 Å². The highest BCUT2D eigenvalue weighted by atomic mass is 16.1. The summed E-state index contributed by atoms with van der Waals surface area (Å²) in [5, 5.41) is 14.8. The van der Waals surface area contributed by atoms with Gasteiger partial charge in [0.15, 0.2) is 0 Å². The standard InChI is InChI=1S/C16H21N3O/c1-11(2)9-19-16(20)14(8-17)10-18-15-6-5-12(3)7-13(15)4/h5-7,10-11,18H,9H2,1-4H3,(H,19,20)/b14-10-. The molecule has 1 aromatic rings. The lowest BCUT2D eigenvalue weighted by atomic mass is 10.1. The maximum atomic E-state index is 11.8. The minimum Gasteiger partial charge on any atom is -0.360 e. The molecule has 0 atom stereocenters. The first-order valence-electron chi connectivity index (χ1n) is 6.66. The number of rotatable bonds is 5. The molecule has 0 saturated heterocycles. The van der Waals surface area contributed by atoms with Crippen molar-refractivity contribution in [3.63, 3.8) is 0 Å². The molecule has 0 bridgehead atoms. The molecule has 0 radical (unpaired) electrons. The minimum atomic E-state index is -0.349. The van der Waals surface area contributed by atoms with E-state index in [0.29, 0.717) is 12.5 Å². The van der Waals surface area contributed by atoms with Gasteiger partial charge < -0.3 is 10.6 Å². The van der Waals surface area contributed by atoms with Gasteiger partial charge in [0.1, 0.15) is 11.6 Å². The van der Waals surface area contributed by atoms with Crippen molar-refractivity contribution in [1.29, 1.82) is 5.26 Å². The monoisotopic (exact) mass is 271 g/mol. The van der Waals surface area contributed by atoms with E-state index in [0.717, 1.165) is 11.3 Å². The first-order valence-corrected chi connectivity index (χ1v) is 6.66. The summed E-state index contributed by atoms with van der Waals surface area (Å²) < 4.78 is 0. The van der Waals surface area contributed by atoms with E-state index in [9.17, 15) is 4.79 Å². The average molecular weight is 271 g/mol. The minimum absolute atomic E-state index is 0.0747. The van der Waals surface area contributed by atoms with Crippen molar-refractivity contribution < 1.29 is 4.79 Å². The molecule has 1 rings (SSSR count). The summed E-state index contributed by atoms with van der Waals surface area (Å²) in [6, 6.07) is 7.87. The molecule has 0 saturated carbocycles. The SMILES string of the molecule is Cc1ccc(N/C=C(/C#N)C(=O)NCC(C)C)c(C)c1. The molecular formula is C16H21N3O. The molecular weight excluding hydrogens is 250 g/mol. The van der Waals surface area contributed by atoms with Gasteiger partial charge in [0.05, 0.1) is 0 Å². The second-order valence-corrected chi connectivity index (χ2v) is 5.24. The Morgan fingerprint density at radius 1 is 1.40 bits per heavy atom. The van der Waals surface area contributed by atoms with Crippen LogP contribution in [0.15, 0.2) is 30.0 Å². The van der Waals surface area contributed by atoms with Crippen molar-refractivity contribution in [2.75, 3.05) is 11.9 Å². The van der Waals surface area contributed by atoms with E-state index in [2.05, 4.69) is 10.6 Å². The van der Waals surface area contributed by atoms with Crippen LogP contribution >= 0.6 is 0 Å². The number of amides is 1. The zero-order valence-electron chi connectivity index (χ0n) is 12.4. The van der Waals surface area contributed by atoms with Crippen LogP contribution in [0.5, 0.6) is 0 Å². The highest BCUT2D eigenvalue weighted by Gasteiger charge is 2.09. The van der Waals surface area contributed by atoms with Gasteiger partial charge in [0.25, 0.3) is 5.91 Å². The smallest absolute Gasteiger partial charge is 0.263 e. The van der Waals surface area contributed by atoms with Crippen LogP contribution in [0.2, 0.25) is 0 Å². The first-order chi connectivity index (χ1) is 9.43. The highest BCUT2D eigenvalue weighted by molar-refractivity contribution is 5.97. The van der Waals surface area contributed by atoms with Crippen LogP contribution in [0, 0.1) is 31.1 Å². The second kappa shape index (κ2) is 7.34. The molecule has 0 aliphatic heterocycles. The van der Waals surface area contributed by atoms with Crippen molar-refractivity contribution >= 4 is 11.6 Å². The van der Waals surface area contributed by atoms with Crippen molar-refractivity contribution in [2.45, 2.75) is 27.7 Å². The van der Waals surface area contributed by atoms with E-state index in [1.54, 1.807) is 0 Å². The van der Waals surface area contributed by atoms with Crippen LogP contribution in [-0.2, 0) is 4.79 Å². The van der Waals surface area contributed by atoms with Gasteiger partial charge in [-0.2, -0.15) is 5.26 Å². The molecule has 0 aliphatic rings. The molecule has 20 heavy (non-hydrogen) atoms. The first kappa shape index (κ1) is 15.8. The van der Waals surface area contributed by atoms with Gasteiger partial charge >= 0.3 is 0 Å². The van der Waals surface area contributed by atoms with Gasteiger partial charge in [0, 0.05) is 18.4 Å². The molecule has 0 fully saturated rings. The molecule has 4 nitrogen and oxygen atoms in total. The normalized spacial score (nSPS) is 11.1. The number of hydrogen-bond acceptors (Lipinski definition) is 3. The number of nitriles is 1. The van der Waals surface area contributed by atoms with Gasteiger partial charge in [-0.25, -0.2) is 0 Å². The molecule has 0 aliphatic carbocycles. The maximum Gasteiger partial charge on any atom is 0.263 e. The van der Waals surface area contributed by atoms with Crippen LogP contribution in [0.1, 0.15) is 25.0 Å². The Balaban J connectivity index is 2.75. The number of carbonyl (C=O) groups is 1. The van der Waals surface area contributed by atoms with E-state index in [1.165, 1.54) is 11.8 Å². The molecule has 4 heteroatoms. The fraction of sp³-hybridized carbons (Fsp3) is 0.375. The maximum absolute atomic E-state index is 11.8. The largest absolute Gasteiger partial charge is 0.360 e. The summed E-state index contributed by atoms with van der Waals surface area (Å²) in [5.41, 5.74) is 3.21. The lowest BCUT2D eigenvalue weighted by Crippen LogP contribution is -2.28. The van der Waals surface area contributed by atoms with E-state index in [-0.39, 0.29) is 11.5 Å². The molecule has 0 spiro atoms. The number of benzene rings is 1. The summed E-state index contributed by atoms with van der Waals surface area (Å²) in [6.45, 7) is 8.57. The molecule has 2 N–H and O–H groups in total. The van der Waals surface area contributed by atoms with Crippen LogP contribution in [-0.4, -0.2) is 12.5 Å². The predicted molar refractivity (Wildman–Crippen MR) is 81.1 cm³/mol. The number of anilines is 1. The molecule has 0 heterocycles. The number of carbonyl (C=O) groups excluding carboxylic acids is 1. The third kappa shape index (κ3) is 4.77. The summed E-state index contributed by atoms with van der Waals surface area (Å²) in [7, 11) is 0. The number of hydrogen-bond donors (Lipinski definition) is 2. The fourth-order valence-electron chi connectivity index (χ4n) is 1.67. The van der Waals surface area contributed by atoms with Gasteiger partial charge in [-0.05, 0) is 31.4 Å². The zero-order valence-corrected chi connectivity index (χ0v) is 12.4. The van der Waals surface area contributed by atoms with Gasteiger partial charge in [0.2, 0.25) is 0 Å². The second-order valence-electron chi connectivity index (χ2n) is 5.24. The number of nitrogens with one attached hydrogen (secondary N) is 2. The fourth-order valence-corrected chi connectivity index (χ4v) is 1.67. The van der Waals surface area contributed by atoms with E-state index in [1.807, 2.05) is 52.0 Å². The Morgan fingerprint density at radius 3 is 2.65 bits per heavy atom. The molecule has 106 valence electrons. The Bertz CT molecular complexity index is 553. The lowest BCUT2D eigenvalue weighted by molar-refractivity contribution is -0.117. The molecule has 0 unspecified atom stereocenters. The summed E-state index contributed by atoms with van der Waals surface area (Å²) in [6.07, 6.45) is 1.45.